The lowest BCUT2D eigenvalue weighted by atomic mass is 9.77. The van der Waals surface area contributed by atoms with E-state index in [0.29, 0.717) is 12.0 Å². The predicted octanol–water partition coefficient (Wildman–Crippen LogP) is 3.00. The Labute approximate surface area is 131 Å². The van der Waals surface area contributed by atoms with Gasteiger partial charge in [0.05, 0.1) is 16.3 Å². The maximum Gasteiger partial charge on any atom is 0.0900 e. The van der Waals surface area contributed by atoms with Crippen LogP contribution >= 0.6 is 11.3 Å². The van der Waals surface area contributed by atoms with Crippen LogP contribution in [-0.4, -0.2) is 37.5 Å². The smallest absolute Gasteiger partial charge is 0.0900 e. The fourth-order valence-electron chi connectivity index (χ4n) is 3.86. The number of thiazole rings is 1. The van der Waals surface area contributed by atoms with Crippen LogP contribution in [0.5, 0.6) is 0 Å². The molecule has 0 bridgehead atoms. The summed E-state index contributed by atoms with van der Waals surface area (Å²) in [7, 11) is 2.07. The number of hydrogen-bond acceptors (Lipinski definition) is 5. The van der Waals surface area contributed by atoms with E-state index < -0.39 is 0 Å². The maximum atomic E-state index is 6.18. The third-order valence-corrected chi connectivity index (χ3v) is 6.10. The molecule has 118 valence electrons. The highest BCUT2D eigenvalue weighted by molar-refractivity contribution is 7.11. The van der Waals surface area contributed by atoms with Crippen LogP contribution < -0.4 is 5.32 Å². The summed E-state index contributed by atoms with van der Waals surface area (Å²) in [5, 5.41) is 4.71. The number of ether oxygens (including phenoxy) is 2. The minimum atomic E-state index is 0.0594. The van der Waals surface area contributed by atoms with Gasteiger partial charge < -0.3 is 14.8 Å². The zero-order chi connectivity index (χ0) is 14.9. The first-order valence-electron chi connectivity index (χ1n) is 7.96. The molecule has 0 saturated carbocycles. The maximum absolute atomic E-state index is 6.18. The average Bonchev–Trinajstić information content (AvgIpc) is 2.80. The normalized spacial score (nSPS) is 26.9. The molecule has 0 aliphatic carbocycles. The molecule has 2 atom stereocenters. The van der Waals surface area contributed by atoms with Crippen molar-refractivity contribution in [1.29, 1.82) is 0 Å². The van der Waals surface area contributed by atoms with Gasteiger partial charge in [-0.1, -0.05) is 0 Å². The molecular weight excluding hydrogens is 284 g/mol. The van der Waals surface area contributed by atoms with E-state index in [1.54, 1.807) is 0 Å². The molecule has 2 unspecified atom stereocenters. The van der Waals surface area contributed by atoms with Gasteiger partial charge in [-0.15, -0.1) is 11.3 Å². The van der Waals surface area contributed by atoms with Crippen molar-refractivity contribution in [2.75, 3.05) is 26.9 Å². The lowest BCUT2D eigenvalue weighted by Crippen LogP contribution is -2.46. The fraction of sp³-hybridized carbons (Fsp3) is 0.812. The first kappa shape index (κ1) is 15.4. The number of nitrogens with one attached hydrogen (secondary N) is 1. The van der Waals surface area contributed by atoms with Crippen molar-refractivity contribution in [3.63, 3.8) is 0 Å². The summed E-state index contributed by atoms with van der Waals surface area (Å²) >= 11 is 1.84. The van der Waals surface area contributed by atoms with Crippen LogP contribution in [0.15, 0.2) is 0 Å². The summed E-state index contributed by atoms with van der Waals surface area (Å²) in [5.74, 6) is 0.625. The monoisotopic (exact) mass is 310 g/mol. The molecule has 4 nitrogen and oxygen atoms in total. The van der Waals surface area contributed by atoms with Crippen molar-refractivity contribution >= 4 is 11.3 Å². The van der Waals surface area contributed by atoms with Gasteiger partial charge in [-0.25, -0.2) is 4.98 Å². The lowest BCUT2D eigenvalue weighted by molar-refractivity contribution is -0.150. The summed E-state index contributed by atoms with van der Waals surface area (Å²) < 4.78 is 11.7. The molecule has 21 heavy (non-hydrogen) atoms. The fourth-order valence-corrected chi connectivity index (χ4v) is 4.99. The zero-order valence-corrected chi connectivity index (χ0v) is 14.1. The molecule has 1 spiro atoms. The molecule has 0 radical (unpaired) electrons. The predicted molar refractivity (Wildman–Crippen MR) is 84.8 cm³/mol. The van der Waals surface area contributed by atoms with Gasteiger partial charge in [0, 0.05) is 30.7 Å². The number of aromatic nitrogens is 1. The van der Waals surface area contributed by atoms with Gasteiger partial charge in [-0.2, -0.15) is 0 Å². The Balaban J connectivity index is 1.78. The summed E-state index contributed by atoms with van der Waals surface area (Å²) in [5.41, 5.74) is 1.24. The van der Waals surface area contributed by atoms with Crippen LogP contribution in [-0.2, 0) is 9.47 Å². The molecule has 2 fully saturated rings. The molecule has 1 aromatic rings. The van der Waals surface area contributed by atoms with E-state index in [4.69, 9.17) is 9.47 Å². The highest BCUT2D eigenvalue weighted by Crippen LogP contribution is 2.43. The van der Waals surface area contributed by atoms with Gasteiger partial charge in [0.25, 0.3) is 0 Å². The van der Waals surface area contributed by atoms with E-state index in [1.807, 2.05) is 11.3 Å². The van der Waals surface area contributed by atoms with Gasteiger partial charge in [0.15, 0.2) is 0 Å². The molecule has 5 heteroatoms. The van der Waals surface area contributed by atoms with Gasteiger partial charge >= 0.3 is 0 Å². The topological polar surface area (TPSA) is 43.4 Å². The highest BCUT2D eigenvalue weighted by Gasteiger charge is 2.41. The summed E-state index contributed by atoms with van der Waals surface area (Å²) in [4.78, 5) is 6.01. The van der Waals surface area contributed by atoms with Crippen LogP contribution in [0.1, 0.15) is 47.3 Å². The first-order valence-corrected chi connectivity index (χ1v) is 8.78. The molecule has 0 amide bonds. The van der Waals surface area contributed by atoms with E-state index in [1.165, 1.54) is 10.6 Å². The number of nitrogens with zero attached hydrogens (tertiary/aromatic N) is 1. The summed E-state index contributed by atoms with van der Waals surface area (Å²) in [6, 6.07) is 0.403. The zero-order valence-electron chi connectivity index (χ0n) is 13.3. The van der Waals surface area contributed by atoms with Crippen molar-refractivity contribution < 1.29 is 9.47 Å². The molecular formula is C16H26N2O2S. The standard InChI is InChI=1S/C16H26N2O2S/c1-11-15(21-12(2)18-11)14(17-3)13-4-7-20-16(10-13)5-8-19-9-6-16/h13-14,17H,4-10H2,1-3H3. The number of rotatable bonds is 3. The number of aryl methyl sites for hydroxylation is 2. The van der Waals surface area contributed by atoms with E-state index in [9.17, 15) is 0 Å². The minimum Gasteiger partial charge on any atom is -0.381 e. The quantitative estimate of drug-likeness (QED) is 0.932. The molecule has 0 aromatic carbocycles. The molecule has 3 rings (SSSR count). The molecule has 2 aliphatic rings. The molecule has 3 heterocycles. The molecule has 2 aliphatic heterocycles. The Bertz CT molecular complexity index is 477. The Morgan fingerprint density at radius 2 is 2.05 bits per heavy atom. The third kappa shape index (κ3) is 3.16. The van der Waals surface area contributed by atoms with Crippen LogP contribution in [0.3, 0.4) is 0 Å². The highest BCUT2D eigenvalue weighted by atomic mass is 32.1. The van der Waals surface area contributed by atoms with Crippen LogP contribution in [0.25, 0.3) is 0 Å². The minimum absolute atomic E-state index is 0.0594. The summed E-state index contributed by atoms with van der Waals surface area (Å²) in [6.45, 7) is 6.79. The van der Waals surface area contributed by atoms with Gasteiger partial charge in [0.1, 0.15) is 0 Å². The van der Waals surface area contributed by atoms with Crippen molar-refractivity contribution in [1.82, 2.24) is 10.3 Å². The second-order valence-electron chi connectivity index (χ2n) is 6.35. The average molecular weight is 310 g/mol. The Kier molecular flexibility index (Phi) is 4.64. The largest absolute Gasteiger partial charge is 0.381 e. The Morgan fingerprint density at radius 1 is 1.29 bits per heavy atom. The molecule has 2 saturated heterocycles. The van der Waals surface area contributed by atoms with Crippen molar-refractivity contribution in [3.8, 4) is 0 Å². The van der Waals surface area contributed by atoms with Gasteiger partial charge in [0.2, 0.25) is 0 Å². The van der Waals surface area contributed by atoms with Gasteiger partial charge in [-0.05, 0) is 52.5 Å². The SMILES string of the molecule is CNC(c1sc(C)nc1C)C1CCOC2(CCOCC2)C1. The van der Waals surface area contributed by atoms with E-state index in [0.717, 1.165) is 50.5 Å². The van der Waals surface area contributed by atoms with E-state index >= 15 is 0 Å². The first-order chi connectivity index (χ1) is 10.1. The van der Waals surface area contributed by atoms with Crippen molar-refractivity contribution in [2.45, 2.75) is 51.2 Å². The van der Waals surface area contributed by atoms with Crippen LogP contribution in [0.4, 0.5) is 0 Å². The molecule has 1 N–H and O–H groups in total. The van der Waals surface area contributed by atoms with Crippen LogP contribution in [0, 0.1) is 19.8 Å². The van der Waals surface area contributed by atoms with Crippen molar-refractivity contribution in [2.24, 2.45) is 5.92 Å². The molecule has 1 aromatic heterocycles. The number of hydrogen-bond donors (Lipinski definition) is 1. The summed E-state index contributed by atoms with van der Waals surface area (Å²) in [6.07, 6.45) is 4.35. The van der Waals surface area contributed by atoms with E-state index in [2.05, 4.69) is 31.2 Å². The Hall–Kier alpha value is -0.490. The van der Waals surface area contributed by atoms with Crippen LogP contribution in [0.2, 0.25) is 0 Å². The van der Waals surface area contributed by atoms with Gasteiger partial charge in [-0.3, -0.25) is 0 Å². The Morgan fingerprint density at radius 3 is 2.67 bits per heavy atom. The third-order valence-electron chi connectivity index (χ3n) is 4.94. The lowest BCUT2D eigenvalue weighted by Gasteiger charge is -2.45. The van der Waals surface area contributed by atoms with E-state index in [-0.39, 0.29) is 5.60 Å². The van der Waals surface area contributed by atoms with Crippen molar-refractivity contribution in [3.05, 3.63) is 15.6 Å². The second-order valence-corrected chi connectivity index (χ2v) is 7.58. The second kappa shape index (κ2) is 6.32.